The molecule has 0 aliphatic carbocycles. The second-order valence-corrected chi connectivity index (χ2v) is 7.52. The van der Waals surface area contributed by atoms with E-state index in [0.29, 0.717) is 11.7 Å². The van der Waals surface area contributed by atoms with E-state index in [9.17, 15) is 4.79 Å². The van der Waals surface area contributed by atoms with Gasteiger partial charge in [-0.3, -0.25) is 4.79 Å². The molecule has 1 heterocycles. The molecule has 0 aliphatic heterocycles. The van der Waals surface area contributed by atoms with Crippen LogP contribution in [0.5, 0.6) is 5.75 Å². The Hall–Kier alpha value is -3.45. The fourth-order valence-electron chi connectivity index (χ4n) is 3.18. The van der Waals surface area contributed by atoms with Gasteiger partial charge in [0.05, 0.1) is 29.5 Å². The van der Waals surface area contributed by atoms with Gasteiger partial charge in [-0.05, 0) is 41.5 Å². The van der Waals surface area contributed by atoms with Crippen molar-refractivity contribution in [1.82, 2.24) is 10.4 Å². The second kappa shape index (κ2) is 8.28. The molecule has 0 aliphatic rings. The maximum atomic E-state index is 12.3. The molecule has 0 fully saturated rings. The van der Waals surface area contributed by atoms with E-state index < -0.39 is 0 Å². The van der Waals surface area contributed by atoms with Crippen molar-refractivity contribution in [2.45, 2.75) is 13.3 Å². The summed E-state index contributed by atoms with van der Waals surface area (Å²) in [6.07, 6.45) is 1.86. The number of carbonyl (C=O) groups excluding carboxylic acids is 1. The van der Waals surface area contributed by atoms with Crippen LogP contribution in [0.4, 0.5) is 5.13 Å². The molecule has 3 N–H and O–H groups in total. The van der Waals surface area contributed by atoms with Crippen molar-refractivity contribution in [3.8, 4) is 5.75 Å². The lowest BCUT2D eigenvalue weighted by molar-refractivity contribution is -0.120. The highest BCUT2D eigenvalue weighted by Crippen LogP contribution is 2.27. The van der Waals surface area contributed by atoms with Gasteiger partial charge in [0.25, 0.3) is 0 Å². The molecule has 0 saturated heterocycles. The Morgan fingerprint density at radius 3 is 2.97 bits per heavy atom. The van der Waals surface area contributed by atoms with Crippen LogP contribution in [0.3, 0.4) is 0 Å². The van der Waals surface area contributed by atoms with E-state index in [0.717, 1.165) is 37.9 Å². The molecule has 0 atom stereocenters. The van der Waals surface area contributed by atoms with Crippen LogP contribution in [-0.2, 0) is 11.2 Å². The van der Waals surface area contributed by atoms with Crippen LogP contribution >= 0.6 is 11.3 Å². The Morgan fingerprint density at radius 1 is 1.24 bits per heavy atom. The van der Waals surface area contributed by atoms with Gasteiger partial charge in [-0.25, -0.2) is 10.4 Å². The lowest BCUT2D eigenvalue weighted by atomic mass is 10.0. The van der Waals surface area contributed by atoms with Crippen LogP contribution in [-0.4, -0.2) is 23.7 Å². The summed E-state index contributed by atoms with van der Waals surface area (Å²) in [7, 11) is 0. The van der Waals surface area contributed by atoms with E-state index in [1.54, 1.807) is 6.21 Å². The number of hydrogen-bond acceptors (Lipinski definition) is 6. The Labute approximate surface area is 172 Å². The van der Waals surface area contributed by atoms with Crippen molar-refractivity contribution in [1.29, 1.82) is 0 Å². The van der Waals surface area contributed by atoms with Crippen LogP contribution < -0.4 is 15.9 Å². The van der Waals surface area contributed by atoms with Crippen molar-refractivity contribution in [3.05, 3.63) is 65.7 Å². The van der Waals surface area contributed by atoms with E-state index in [4.69, 9.17) is 10.5 Å². The highest BCUT2D eigenvalue weighted by Gasteiger charge is 2.08. The predicted molar refractivity (Wildman–Crippen MR) is 119 cm³/mol. The molecule has 0 unspecified atom stereocenters. The summed E-state index contributed by atoms with van der Waals surface area (Å²) in [6, 6.07) is 17.6. The minimum Gasteiger partial charge on any atom is -0.493 e. The summed E-state index contributed by atoms with van der Waals surface area (Å²) >= 11 is 1.41. The normalized spacial score (nSPS) is 11.3. The predicted octanol–water partition coefficient (Wildman–Crippen LogP) is 4.12. The molecule has 6 nitrogen and oxygen atoms in total. The zero-order valence-corrected chi connectivity index (χ0v) is 16.7. The first-order valence-electron chi connectivity index (χ1n) is 9.25. The molecule has 146 valence electrons. The molecule has 4 aromatic rings. The summed E-state index contributed by atoms with van der Waals surface area (Å²) < 4.78 is 6.69. The molecular formula is C22H20N4O2S. The summed E-state index contributed by atoms with van der Waals surface area (Å²) in [6.45, 7) is 2.49. The third-order valence-corrected chi connectivity index (χ3v) is 5.29. The molecular weight excluding hydrogens is 384 g/mol. The standard InChI is InChI=1S/C22H20N4O2S/c1-2-28-19-10-8-15-5-3-4-6-16(15)17(19)13-24-26-21(27)12-14-7-9-18-20(11-14)29-22(23)25-18/h3-11,13H,2,12H2,1H3,(H2,23,25)(H,26,27)/b24-13-. The number of benzene rings is 3. The number of amides is 1. The molecule has 0 radical (unpaired) electrons. The van der Waals surface area contributed by atoms with E-state index in [-0.39, 0.29) is 12.3 Å². The summed E-state index contributed by atoms with van der Waals surface area (Å²) in [5, 5.41) is 6.79. The fourth-order valence-corrected chi connectivity index (χ4v) is 3.98. The van der Waals surface area contributed by atoms with E-state index in [1.807, 2.05) is 61.5 Å². The largest absolute Gasteiger partial charge is 0.493 e. The molecule has 7 heteroatoms. The van der Waals surface area contributed by atoms with Gasteiger partial charge in [0.15, 0.2) is 5.13 Å². The van der Waals surface area contributed by atoms with Gasteiger partial charge in [-0.1, -0.05) is 47.7 Å². The molecule has 4 rings (SSSR count). The Kier molecular flexibility index (Phi) is 5.39. The molecule has 1 aromatic heterocycles. The number of nitrogens with two attached hydrogens (primary N) is 1. The number of ether oxygens (including phenoxy) is 1. The smallest absolute Gasteiger partial charge is 0.244 e. The Balaban J connectivity index is 1.50. The number of nitrogen functional groups attached to an aromatic ring is 1. The van der Waals surface area contributed by atoms with Gasteiger partial charge in [-0.2, -0.15) is 5.10 Å². The molecule has 0 bridgehead atoms. The lowest BCUT2D eigenvalue weighted by Crippen LogP contribution is -2.19. The van der Waals surface area contributed by atoms with Gasteiger partial charge in [0.1, 0.15) is 5.75 Å². The average Bonchev–Trinajstić information content (AvgIpc) is 3.08. The first-order valence-corrected chi connectivity index (χ1v) is 10.1. The number of thiazole rings is 1. The topological polar surface area (TPSA) is 89.6 Å². The second-order valence-electron chi connectivity index (χ2n) is 6.46. The van der Waals surface area contributed by atoms with E-state index in [1.165, 1.54) is 11.3 Å². The quantitative estimate of drug-likeness (QED) is 0.374. The average molecular weight is 404 g/mol. The number of hydrogen-bond donors (Lipinski definition) is 2. The summed E-state index contributed by atoms with van der Waals surface area (Å²) in [4.78, 5) is 16.6. The molecule has 3 aromatic carbocycles. The lowest BCUT2D eigenvalue weighted by Gasteiger charge is -2.10. The van der Waals surface area contributed by atoms with Crippen LogP contribution in [0.25, 0.3) is 21.0 Å². The van der Waals surface area contributed by atoms with Crippen molar-refractivity contribution >= 4 is 49.6 Å². The molecule has 1 amide bonds. The Morgan fingerprint density at radius 2 is 2.10 bits per heavy atom. The maximum absolute atomic E-state index is 12.3. The number of fused-ring (bicyclic) bond motifs is 2. The van der Waals surface area contributed by atoms with Gasteiger partial charge < -0.3 is 10.5 Å². The van der Waals surface area contributed by atoms with Crippen molar-refractivity contribution in [2.75, 3.05) is 12.3 Å². The third-order valence-electron chi connectivity index (χ3n) is 4.45. The molecule has 29 heavy (non-hydrogen) atoms. The highest BCUT2D eigenvalue weighted by atomic mass is 32.1. The number of hydrazone groups is 1. The third kappa shape index (κ3) is 4.20. The van der Waals surface area contributed by atoms with Gasteiger partial charge in [0.2, 0.25) is 5.91 Å². The number of nitrogens with one attached hydrogen (secondary N) is 1. The SMILES string of the molecule is CCOc1ccc2ccccc2c1/C=N\NC(=O)Cc1ccc2nc(N)sc2c1. The van der Waals surface area contributed by atoms with Gasteiger partial charge in [-0.15, -0.1) is 0 Å². The van der Waals surface area contributed by atoms with Gasteiger partial charge >= 0.3 is 0 Å². The number of rotatable bonds is 6. The van der Waals surface area contributed by atoms with E-state index >= 15 is 0 Å². The maximum Gasteiger partial charge on any atom is 0.244 e. The van der Waals surface area contributed by atoms with Crippen molar-refractivity contribution in [2.24, 2.45) is 5.10 Å². The van der Waals surface area contributed by atoms with Crippen molar-refractivity contribution < 1.29 is 9.53 Å². The van der Waals surface area contributed by atoms with Crippen molar-refractivity contribution in [3.63, 3.8) is 0 Å². The van der Waals surface area contributed by atoms with Crippen LogP contribution in [0.2, 0.25) is 0 Å². The first-order chi connectivity index (χ1) is 14.1. The van der Waals surface area contributed by atoms with Crippen LogP contribution in [0, 0.1) is 0 Å². The zero-order chi connectivity index (χ0) is 20.2. The number of nitrogens with zero attached hydrogens (tertiary/aromatic N) is 2. The minimum absolute atomic E-state index is 0.198. The zero-order valence-electron chi connectivity index (χ0n) is 15.9. The summed E-state index contributed by atoms with van der Waals surface area (Å²) in [5.41, 5.74) is 10.9. The van der Waals surface area contributed by atoms with Crippen LogP contribution in [0.1, 0.15) is 18.1 Å². The summed E-state index contributed by atoms with van der Waals surface area (Å²) in [5.74, 6) is 0.536. The number of anilines is 1. The van der Waals surface area contributed by atoms with E-state index in [2.05, 4.69) is 15.5 Å². The minimum atomic E-state index is -0.198. The highest BCUT2D eigenvalue weighted by molar-refractivity contribution is 7.22. The van der Waals surface area contributed by atoms with Crippen LogP contribution in [0.15, 0.2) is 59.7 Å². The fraction of sp³-hybridized carbons (Fsp3) is 0.136. The van der Waals surface area contributed by atoms with Gasteiger partial charge in [0, 0.05) is 5.56 Å². The Bertz CT molecular complexity index is 1220. The number of aromatic nitrogens is 1. The molecule has 0 spiro atoms. The number of carbonyl (C=O) groups is 1. The monoisotopic (exact) mass is 404 g/mol. The first kappa shape index (κ1) is 18.9. The molecule has 0 saturated carbocycles.